The van der Waals surface area contributed by atoms with Crippen molar-refractivity contribution in [3.8, 4) is 0 Å². The minimum Gasteiger partial charge on any atom is -0.398 e. The Morgan fingerprint density at radius 3 is 2.70 bits per heavy atom. The topological polar surface area (TPSA) is 81.4 Å². The molecule has 3 rings (SSSR count). The van der Waals surface area contributed by atoms with Gasteiger partial charge in [-0.1, -0.05) is 6.07 Å². The molecule has 0 bridgehead atoms. The summed E-state index contributed by atoms with van der Waals surface area (Å²) in [6, 6.07) is 3.55. The second-order valence-electron chi connectivity index (χ2n) is 5.35. The van der Waals surface area contributed by atoms with Crippen LogP contribution in [0.2, 0.25) is 0 Å². The van der Waals surface area contributed by atoms with Crippen LogP contribution in [-0.4, -0.2) is 27.2 Å². The average molecular weight is 300 g/mol. The Kier molecular flexibility index (Phi) is 3.43. The number of nitrogens with two attached hydrogens (primary N) is 1. The highest BCUT2D eigenvalue weighted by molar-refractivity contribution is 7.89. The van der Waals surface area contributed by atoms with E-state index in [1.807, 2.05) is 0 Å². The van der Waals surface area contributed by atoms with Crippen LogP contribution in [0.4, 0.5) is 10.1 Å². The lowest BCUT2D eigenvalue weighted by molar-refractivity contribution is 0.0848. The molecule has 20 heavy (non-hydrogen) atoms. The molecule has 0 spiro atoms. The van der Waals surface area contributed by atoms with Crippen molar-refractivity contribution >= 4 is 15.7 Å². The number of hydrogen-bond acceptors (Lipinski definition) is 4. The first-order valence-corrected chi connectivity index (χ1v) is 8.15. The van der Waals surface area contributed by atoms with Gasteiger partial charge in [-0.3, -0.25) is 0 Å². The predicted octanol–water partition coefficient (Wildman–Crippen LogP) is 1.25. The van der Waals surface area contributed by atoms with Crippen LogP contribution >= 0.6 is 0 Å². The second-order valence-corrected chi connectivity index (χ2v) is 7.00. The minimum atomic E-state index is -3.97. The number of anilines is 1. The van der Waals surface area contributed by atoms with E-state index in [4.69, 9.17) is 10.5 Å². The lowest BCUT2D eigenvalue weighted by Crippen LogP contribution is -2.41. The van der Waals surface area contributed by atoms with E-state index >= 15 is 0 Å². The van der Waals surface area contributed by atoms with Gasteiger partial charge >= 0.3 is 0 Å². The summed E-state index contributed by atoms with van der Waals surface area (Å²) in [5, 5.41) is 0. The maximum atomic E-state index is 13.8. The van der Waals surface area contributed by atoms with Crippen LogP contribution in [0.1, 0.15) is 19.3 Å². The second kappa shape index (κ2) is 4.98. The number of sulfonamides is 1. The standard InChI is InChI=1S/C13H17FN2O3S/c14-9-2-1-3-10(15)13(9)20(17,18)16-11-6-7-19-12(11)8-4-5-8/h1-3,8,11-12,16H,4-7,15H2. The van der Waals surface area contributed by atoms with E-state index in [0.717, 1.165) is 18.9 Å². The normalized spacial score (nSPS) is 26.9. The number of nitrogen functional groups attached to an aromatic ring is 1. The van der Waals surface area contributed by atoms with Crippen molar-refractivity contribution in [2.24, 2.45) is 5.92 Å². The molecule has 1 saturated heterocycles. The van der Waals surface area contributed by atoms with Gasteiger partial charge in [0.25, 0.3) is 0 Å². The third-order valence-electron chi connectivity index (χ3n) is 3.80. The highest BCUT2D eigenvalue weighted by atomic mass is 32.2. The van der Waals surface area contributed by atoms with Gasteiger partial charge in [-0.25, -0.2) is 17.5 Å². The van der Waals surface area contributed by atoms with Crippen LogP contribution in [0.15, 0.2) is 23.1 Å². The molecule has 2 aliphatic rings. The SMILES string of the molecule is Nc1cccc(F)c1S(=O)(=O)NC1CCOC1C1CC1. The fourth-order valence-corrected chi connectivity index (χ4v) is 4.17. The summed E-state index contributed by atoms with van der Waals surface area (Å²) in [7, 11) is -3.97. The molecule has 2 atom stereocenters. The zero-order chi connectivity index (χ0) is 14.3. The highest BCUT2D eigenvalue weighted by Crippen LogP contribution is 2.39. The molecule has 1 saturated carbocycles. The van der Waals surface area contributed by atoms with E-state index in [1.165, 1.54) is 12.1 Å². The van der Waals surface area contributed by atoms with E-state index in [0.29, 0.717) is 18.9 Å². The monoisotopic (exact) mass is 300 g/mol. The molecule has 110 valence electrons. The van der Waals surface area contributed by atoms with Crippen molar-refractivity contribution in [3.05, 3.63) is 24.0 Å². The van der Waals surface area contributed by atoms with Gasteiger partial charge in [-0.05, 0) is 37.3 Å². The summed E-state index contributed by atoms with van der Waals surface area (Å²) in [4.78, 5) is -0.471. The lowest BCUT2D eigenvalue weighted by Gasteiger charge is -2.20. The Morgan fingerprint density at radius 2 is 2.05 bits per heavy atom. The van der Waals surface area contributed by atoms with E-state index < -0.39 is 20.7 Å². The third kappa shape index (κ3) is 2.53. The summed E-state index contributed by atoms with van der Waals surface area (Å²) < 4.78 is 46.6. The van der Waals surface area contributed by atoms with Crippen molar-refractivity contribution < 1.29 is 17.5 Å². The Bertz CT molecular complexity index is 596. The summed E-state index contributed by atoms with van der Waals surface area (Å²) in [5.41, 5.74) is 5.51. The highest BCUT2D eigenvalue weighted by Gasteiger charge is 2.42. The fraction of sp³-hybridized carbons (Fsp3) is 0.538. The Labute approximate surface area is 117 Å². The smallest absolute Gasteiger partial charge is 0.245 e. The zero-order valence-corrected chi connectivity index (χ0v) is 11.7. The number of benzene rings is 1. The molecule has 0 aromatic heterocycles. The molecule has 7 heteroatoms. The van der Waals surface area contributed by atoms with Crippen molar-refractivity contribution in [1.29, 1.82) is 0 Å². The van der Waals surface area contributed by atoms with Gasteiger partial charge < -0.3 is 10.5 Å². The average Bonchev–Trinajstić information content (AvgIpc) is 3.10. The van der Waals surface area contributed by atoms with E-state index in [-0.39, 0.29) is 17.8 Å². The van der Waals surface area contributed by atoms with E-state index in [2.05, 4.69) is 4.72 Å². The molecule has 1 aromatic carbocycles. The van der Waals surface area contributed by atoms with E-state index in [1.54, 1.807) is 0 Å². The molecule has 3 N–H and O–H groups in total. The van der Waals surface area contributed by atoms with Crippen LogP contribution in [0.25, 0.3) is 0 Å². The molecule has 1 heterocycles. The summed E-state index contributed by atoms with van der Waals surface area (Å²) in [6.45, 7) is 0.529. The third-order valence-corrected chi connectivity index (χ3v) is 5.38. The van der Waals surface area contributed by atoms with Gasteiger partial charge in [0.1, 0.15) is 10.7 Å². The largest absolute Gasteiger partial charge is 0.398 e. The van der Waals surface area contributed by atoms with Gasteiger partial charge in [0.15, 0.2) is 0 Å². The van der Waals surface area contributed by atoms with E-state index in [9.17, 15) is 12.8 Å². The molecule has 2 unspecified atom stereocenters. The van der Waals surface area contributed by atoms with Gasteiger partial charge in [0, 0.05) is 6.61 Å². The molecule has 1 aromatic rings. The van der Waals surface area contributed by atoms with Crippen molar-refractivity contribution in [3.63, 3.8) is 0 Å². The molecule has 5 nitrogen and oxygen atoms in total. The molecule has 0 amide bonds. The van der Waals surface area contributed by atoms with Crippen molar-refractivity contribution in [2.45, 2.75) is 36.3 Å². The molecule has 1 aliphatic heterocycles. The van der Waals surface area contributed by atoms with Crippen LogP contribution in [-0.2, 0) is 14.8 Å². The first-order chi connectivity index (χ1) is 9.49. The number of ether oxygens (including phenoxy) is 1. The van der Waals surface area contributed by atoms with Crippen LogP contribution in [0, 0.1) is 11.7 Å². The van der Waals surface area contributed by atoms with Gasteiger partial charge in [-0.15, -0.1) is 0 Å². The Balaban J connectivity index is 1.85. The van der Waals surface area contributed by atoms with Crippen LogP contribution < -0.4 is 10.5 Å². The summed E-state index contributed by atoms with van der Waals surface area (Å²) in [6.07, 6.45) is 2.63. The number of halogens is 1. The summed E-state index contributed by atoms with van der Waals surface area (Å²) >= 11 is 0. The number of nitrogens with one attached hydrogen (secondary N) is 1. The molecule has 2 fully saturated rings. The number of rotatable bonds is 4. The molecular formula is C13H17FN2O3S. The number of hydrogen-bond donors (Lipinski definition) is 2. The van der Waals surface area contributed by atoms with Crippen molar-refractivity contribution in [1.82, 2.24) is 4.72 Å². The quantitative estimate of drug-likeness (QED) is 0.820. The minimum absolute atomic E-state index is 0.0839. The molecule has 0 radical (unpaired) electrons. The first kappa shape index (κ1) is 13.8. The lowest BCUT2D eigenvalue weighted by atomic mass is 10.1. The fourth-order valence-electron chi connectivity index (χ4n) is 2.69. The first-order valence-electron chi connectivity index (χ1n) is 6.67. The maximum absolute atomic E-state index is 13.8. The van der Waals surface area contributed by atoms with Gasteiger partial charge in [-0.2, -0.15) is 0 Å². The Morgan fingerprint density at radius 1 is 1.30 bits per heavy atom. The Hall–Kier alpha value is -1.18. The molecule has 1 aliphatic carbocycles. The maximum Gasteiger partial charge on any atom is 0.245 e. The van der Waals surface area contributed by atoms with Gasteiger partial charge in [0.05, 0.1) is 17.8 Å². The van der Waals surface area contributed by atoms with Crippen LogP contribution in [0.5, 0.6) is 0 Å². The predicted molar refractivity (Wildman–Crippen MR) is 72.0 cm³/mol. The van der Waals surface area contributed by atoms with Gasteiger partial charge in [0.2, 0.25) is 10.0 Å². The summed E-state index contributed by atoms with van der Waals surface area (Å²) in [5.74, 6) is -0.414. The zero-order valence-electron chi connectivity index (χ0n) is 10.9. The van der Waals surface area contributed by atoms with Crippen LogP contribution in [0.3, 0.4) is 0 Å². The molecular weight excluding hydrogens is 283 g/mol. The van der Waals surface area contributed by atoms with Crippen molar-refractivity contribution in [2.75, 3.05) is 12.3 Å².